The average Bonchev–Trinajstić information content (AvgIpc) is 3.32. The average molecular weight is 991 g/mol. The molecule has 67 heavy (non-hydrogen) atoms. The van der Waals surface area contributed by atoms with Gasteiger partial charge >= 0.3 is 0 Å². The minimum absolute atomic E-state index is 0.830. The van der Waals surface area contributed by atoms with Crippen molar-refractivity contribution in [3.8, 4) is 0 Å². The maximum Gasteiger partial charge on any atom is 0.187 e. The normalized spacial score (nSPS) is 53.4. The third-order valence-electron chi connectivity index (χ3n) is 12.4. The van der Waals surface area contributed by atoms with Crippen LogP contribution in [0, 0.1) is 0 Å². The molecule has 6 rings (SSSR count). The second-order valence-electron chi connectivity index (χ2n) is 16.8. The lowest BCUT2D eigenvalue weighted by molar-refractivity contribution is -0.396. The molecule has 1 unspecified atom stereocenters. The standard InChI is InChI=1S/C36H62O31/c37-1-7-13(43)14(44)21(51)32(58-7)64-27-9(3-39)60-34(23(53)16(27)46)66-29-11(5-41)62-36(25(55)18(29)48)67-30-12(6-42)61-35(24(54)19(30)49)65-28-10(4-40)59-33(22(52)17(28)47)63-26-8(2-38)57-31(56)20(50)15(26)45/h7-56H,1-6H2/t7-,8-,9-,10-,11-,12-,13-,14+,15-,16-,17-,18-,19-,20+,21+,22+,23+,24+,25+,26-,27-,28-,29-,30-,31?,32+,33+,34+,35+,36+/m1/s1. The van der Waals surface area contributed by atoms with Crippen molar-refractivity contribution in [2.75, 3.05) is 39.6 Å². The monoisotopic (exact) mass is 990 g/mol. The SMILES string of the molecule is OC[C@H]1O[C@@H](O[C@H]2[C@H](O)[C@H](O)[C@H](O[C@H]3[C@H](O)[C@H](O)[C@H](O[C@H]4[C@H](O)[C@H](O)[C@H](O[C@H]5[C@H](O)[C@H](O)[C@H](O[C@H]6[C@H](O)[C@H](O)C(O)O[C@@H]6CO)O[C@@H]5CO)O[C@@H]4CO)O[C@@H]3CO)O[C@@H]2CO)[C@@H](O)[C@@H](O)[C@@H]1O. The summed E-state index contributed by atoms with van der Waals surface area (Å²) >= 11 is 0. The van der Waals surface area contributed by atoms with Crippen LogP contribution in [0.1, 0.15) is 0 Å². The largest absolute Gasteiger partial charge is 0.394 e. The van der Waals surface area contributed by atoms with E-state index >= 15 is 0 Å². The van der Waals surface area contributed by atoms with Gasteiger partial charge in [-0.15, -0.1) is 0 Å². The van der Waals surface area contributed by atoms with Gasteiger partial charge in [0.15, 0.2) is 37.7 Å². The van der Waals surface area contributed by atoms with Crippen LogP contribution in [0.15, 0.2) is 0 Å². The summed E-state index contributed by atoms with van der Waals surface area (Å²) in [4.78, 5) is 0. The molecule has 0 amide bonds. The molecule has 0 aromatic heterocycles. The third kappa shape index (κ3) is 11.2. The summed E-state index contributed by atoms with van der Waals surface area (Å²) in [5, 5.41) is 209. The van der Waals surface area contributed by atoms with Crippen LogP contribution in [0.2, 0.25) is 0 Å². The fourth-order valence-corrected chi connectivity index (χ4v) is 8.52. The molecule has 0 spiro atoms. The predicted octanol–water partition coefficient (Wildman–Crippen LogP) is -14.1. The Morgan fingerprint density at radius 1 is 0.224 bits per heavy atom. The molecule has 6 aliphatic heterocycles. The summed E-state index contributed by atoms with van der Waals surface area (Å²) in [6.07, 6.45) is -56.5. The lowest BCUT2D eigenvalue weighted by atomic mass is 9.95. The highest BCUT2D eigenvalue weighted by Gasteiger charge is 2.57. The van der Waals surface area contributed by atoms with E-state index in [0.29, 0.717) is 0 Å². The van der Waals surface area contributed by atoms with E-state index in [0.717, 1.165) is 0 Å². The van der Waals surface area contributed by atoms with Gasteiger partial charge in [0.2, 0.25) is 0 Å². The number of rotatable bonds is 16. The summed E-state index contributed by atoms with van der Waals surface area (Å²) < 4.78 is 60.5. The van der Waals surface area contributed by atoms with Gasteiger partial charge in [-0.2, -0.15) is 0 Å². The molecule has 0 aromatic carbocycles. The molecule has 6 fully saturated rings. The topological polar surface area (TPSA) is 506 Å². The van der Waals surface area contributed by atoms with Crippen LogP contribution in [0.3, 0.4) is 0 Å². The molecule has 6 aliphatic rings. The van der Waals surface area contributed by atoms with Crippen LogP contribution in [0.5, 0.6) is 0 Å². The first-order chi connectivity index (χ1) is 31.8. The van der Waals surface area contributed by atoms with Crippen molar-refractivity contribution >= 4 is 0 Å². The Balaban J connectivity index is 1.07. The fourth-order valence-electron chi connectivity index (χ4n) is 8.52. The summed E-state index contributed by atoms with van der Waals surface area (Å²) in [6, 6.07) is 0. The van der Waals surface area contributed by atoms with Crippen LogP contribution in [0.4, 0.5) is 0 Å². The maximum atomic E-state index is 11.2. The molecule has 20 N–H and O–H groups in total. The van der Waals surface area contributed by atoms with Crippen LogP contribution in [-0.2, 0) is 52.1 Å². The number of aliphatic hydroxyl groups excluding tert-OH is 20. The molecule has 30 atom stereocenters. The zero-order chi connectivity index (χ0) is 49.3. The zero-order valence-corrected chi connectivity index (χ0v) is 35.0. The van der Waals surface area contributed by atoms with Crippen molar-refractivity contribution in [2.45, 2.75) is 184 Å². The van der Waals surface area contributed by atoms with Crippen LogP contribution >= 0.6 is 0 Å². The molecule has 0 saturated carbocycles. The quantitative estimate of drug-likeness (QED) is 0.0683. The molecule has 6 heterocycles. The molecule has 31 heteroatoms. The van der Waals surface area contributed by atoms with Gasteiger partial charge < -0.3 is 154 Å². The molecule has 392 valence electrons. The Labute approximate surface area is 378 Å². The Kier molecular flexibility index (Phi) is 19.4. The maximum absolute atomic E-state index is 11.2. The first kappa shape index (κ1) is 55.1. The number of aliphatic hydroxyl groups is 20. The van der Waals surface area contributed by atoms with Gasteiger partial charge in [-0.25, -0.2) is 0 Å². The lowest BCUT2D eigenvalue weighted by Crippen LogP contribution is -2.68. The third-order valence-corrected chi connectivity index (χ3v) is 12.4. The van der Waals surface area contributed by atoms with Crippen molar-refractivity contribution < 1.29 is 154 Å². The summed E-state index contributed by atoms with van der Waals surface area (Å²) in [6.45, 7) is -5.67. The summed E-state index contributed by atoms with van der Waals surface area (Å²) in [7, 11) is 0. The van der Waals surface area contributed by atoms with Crippen LogP contribution in [0.25, 0.3) is 0 Å². The molecule has 0 aromatic rings. The van der Waals surface area contributed by atoms with Crippen molar-refractivity contribution in [2.24, 2.45) is 0 Å². The van der Waals surface area contributed by atoms with Crippen molar-refractivity contribution in [1.29, 1.82) is 0 Å². The van der Waals surface area contributed by atoms with E-state index in [1.165, 1.54) is 0 Å². The Bertz CT molecular complexity index is 1500. The molecule has 0 radical (unpaired) electrons. The predicted molar refractivity (Wildman–Crippen MR) is 199 cm³/mol. The number of ether oxygens (including phenoxy) is 11. The van der Waals surface area contributed by atoms with E-state index in [-0.39, 0.29) is 0 Å². The zero-order valence-electron chi connectivity index (χ0n) is 35.0. The molecular weight excluding hydrogens is 928 g/mol. The van der Waals surface area contributed by atoms with Gasteiger partial charge in [0.05, 0.1) is 39.6 Å². The number of hydrogen-bond acceptors (Lipinski definition) is 31. The Morgan fingerprint density at radius 3 is 0.687 bits per heavy atom. The molecule has 31 nitrogen and oxygen atoms in total. The summed E-state index contributed by atoms with van der Waals surface area (Å²) in [5.74, 6) is 0. The first-order valence-electron chi connectivity index (χ1n) is 21.1. The Hall–Kier alpha value is -1.24. The molecular formula is C36H62O31. The smallest absolute Gasteiger partial charge is 0.187 e. The van der Waals surface area contributed by atoms with E-state index < -0.39 is 224 Å². The van der Waals surface area contributed by atoms with E-state index in [1.54, 1.807) is 0 Å². The molecule has 6 saturated heterocycles. The Morgan fingerprint density at radius 2 is 0.433 bits per heavy atom. The number of hydrogen-bond donors (Lipinski definition) is 20. The van der Waals surface area contributed by atoms with Crippen molar-refractivity contribution in [1.82, 2.24) is 0 Å². The molecule has 0 aliphatic carbocycles. The minimum Gasteiger partial charge on any atom is -0.394 e. The van der Waals surface area contributed by atoms with Crippen molar-refractivity contribution in [3.05, 3.63) is 0 Å². The van der Waals surface area contributed by atoms with Crippen LogP contribution < -0.4 is 0 Å². The second-order valence-corrected chi connectivity index (χ2v) is 16.8. The van der Waals surface area contributed by atoms with E-state index in [9.17, 15) is 102 Å². The van der Waals surface area contributed by atoms with Crippen molar-refractivity contribution in [3.63, 3.8) is 0 Å². The fraction of sp³-hybridized carbons (Fsp3) is 1.00. The highest BCUT2D eigenvalue weighted by atomic mass is 16.8. The van der Waals surface area contributed by atoms with Gasteiger partial charge in [0.1, 0.15) is 146 Å². The summed E-state index contributed by atoms with van der Waals surface area (Å²) in [5.41, 5.74) is 0. The highest BCUT2D eigenvalue weighted by Crippen LogP contribution is 2.36. The van der Waals surface area contributed by atoms with E-state index in [2.05, 4.69) is 0 Å². The van der Waals surface area contributed by atoms with Crippen LogP contribution in [-0.4, -0.2) is 326 Å². The van der Waals surface area contributed by atoms with Gasteiger partial charge in [-0.1, -0.05) is 0 Å². The van der Waals surface area contributed by atoms with Gasteiger partial charge in [-0.3, -0.25) is 0 Å². The van der Waals surface area contributed by atoms with Gasteiger partial charge in [0, 0.05) is 0 Å². The lowest BCUT2D eigenvalue weighted by Gasteiger charge is -2.49. The highest BCUT2D eigenvalue weighted by molar-refractivity contribution is 5.00. The first-order valence-corrected chi connectivity index (χ1v) is 21.1. The van der Waals surface area contributed by atoms with Gasteiger partial charge in [-0.05, 0) is 0 Å². The second kappa shape index (κ2) is 23.5. The van der Waals surface area contributed by atoms with E-state index in [4.69, 9.17) is 52.1 Å². The minimum atomic E-state index is -2.18. The van der Waals surface area contributed by atoms with E-state index in [1.807, 2.05) is 0 Å². The molecule has 0 bridgehead atoms. The van der Waals surface area contributed by atoms with Gasteiger partial charge in [0.25, 0.3) is 0 Å².